The highest BCUT2D eigenvalue weighted by Gasteiger charge is 2.52. The molecule has 1 unspecified atom stereocenters. The van der Waals surface area contributed by atoms with Gasteiger partial charge in [0.05, 0.1) is 18.1 Å². The SMILES string of the molecule is O=C1CC2(CCCC2)C(=O)N1CC(O)c1cccc(Cl)c1. The number of aliphatic hydroxyl groups excluding tert-OH is 1. The van der Waals surface area contributed by atoms with Crippen molar-refractivity contribution < 1.29 is 14.7 Å². The predicted molar refractivity (Wildman–Crippen MR) is 78.6 cm³/mol. The molecule has 1 N–H and O–H groups in total. The van der Waals surface area contributed by atoms with Crippen LogP contribution in [0.15, 0.2) is 24.3 Å². The molecular weight excluding hydrogens is 290 g/mol. The summed E-state index contributed by atoms with van der Waals surface area (Å²) >= 11 is 5.90. The number of likely N-dealkylation sites (tertiary alicyclic amines) is 1. The zero-order valence-corrected chi connectivity index (χ0v) is 12.5. The molecule has 5 heteroatoms. The van der Waals surface area contributed by atoms with Crippen LogP contribution in [0.4, 0.5) is 0 Å². The number of benzene rings is 1. The van der Waals surface area contributed by atoms with E-state index < -0.39 is 11.5 Å². The number of carbonyl (C=O) groups excluding carboxylic acids is 2. The van der Waals surface area contributed by atoms with Crippen LogP contribution in [0.3, 0.4) is 0 Å². The van der Waals surface area contributed by atoms with Crippen molar-refractivity contribution in [3.8, 4) is 0 Å². The van der Waals surface area contributed by atoms with Gasteiger partial charge in [-0.05, 0) is 30.5 Å². The van der Waals surface area contributed by atoms with E-state index in [2.05, 4.69) is 0 Å². The molecule has 0 bridgehead atoms. The van der Waals surface area contributed by atoms with Gasteiger partial charge in [-0.1, -0.05) is 36.6 Å². The third kappa shape index (κ3) is 2.58. The van der Waals surface area contributed by atoms with Crippen molar-refractivity contribution in [2.45, 2.75) is 38.2 Å². The van der Waals surface area contributed by atoms with Crippen molar-refractivity contribution >= 4 is 23.4 Å². The van der Waals surface area contributed by atoms with Crippen LogP contribution in [0.25, 0.3) is 0 Å². The van der Waals surface area contributed by atoms with Gasteiger partial charge in [-0.15, -0.1) is 0 Å². The van der Waals surface area contributed by atoms with Crippen LogP contribution in [-0.2, 0) is 9.59 Å². The summed E-state index contributed by atoms with van der Waals surface area (Å²) in [6.07, 6.45) is 3.00. The fourth-order valence-corrected chi connectivity index (χ4v) is 3.68. The summed E-state index contributed by atoms with van der Waals surface area (Å²) in [5.41, 5.74) is 0.140. The van der Waals surface area contributed by atoms with Crippen LogP contribution in [0, 0.1) is 5.41 Å². The Morgan fingerprint density at radius 1 is 1.29 bits per heavy atom. The normalized spacial score (nSPS) is 22.3. The first-order valence-electron chi connectivity index (χ1n) is 7.30. The number of amides is 2. The van der Waals surface area contributed by atoms with Crippen molar-refractivity contribution in [2.24, 2.45) is 5.41 Å². The molecule has 1 saturated heterocycles. The molecule has 1 heterocycles. The van der Waals surface area contributed by atoms with E-state index >= 15 is 0 Å². The smallest absolute Gasteiger partial charge is 0.236 e. The molecular formula is C16H18ClNO3. The minimum Gasteiger partial charge on any atom is -0.387 e. The van der Waals surface area contributed by atoms with Crippen molar-refractivity contribution in [1.82, 2.24) is 4.90 Å². The Balaban J connectivity index is 1.75. The fourth-order valence-electron chi connectivity index (χ4n) is 3.48. The van der Waals surface area contributed by atoms with E-state index in [4.69, 9.17) is 11.6 Å². The first-order valence-corrected chi connectivity index (χ1v) is 7.68. The number of carbonyl (C=O) groups is 2. The van der Waals surface area contributed by atoms with E-state index in [0.717, 1.165) is 25.7 Å². The molecule has 1 aliphatic heterocycles. The molecule has 0 aromatic heterocycles. The minimum atomic E-state index is -0.895. The maximum Gasteiger partial charge on any atom is 0.236 e. The molecule has 4 nitrogen and oxygen atoms in total. The van der Waals surface area contributed by atoms with E-state index in [1.165, 1.54) is 4.90 Å². The second kappa shape index (κ2) is 5.43. The molecule has 112 valence electrons. The van der Waals surface area contributed by atoms with Crippen molar-refractivity contribution in [1.29, 1.82) is 0 Å². The van der Waals surface area contributed by atoms with Crippen LogP contribution in [0.1, 0.15) is 43.8 Å². The summed E-state index contributed by atoms with van der Waals surface area (Å²) in [7, 11) is 0. The lowest BCUT2D eigenvalue weighted by Gasteiger charge is -2.23. The van der Waals surface area contributed by atoms with Crippen LogP contribution in [0.2, 0.25) is 5.02 Å². The van der Waals surface area contributed by atoms with Crippen LogP contribution >= 0.6 is 11.6 Å². The number of nitrogens with zero attached hydrogens (tertiary/aromatic N) is 1. The summed E-state index contributed by atoms with van der Waals surface area (Å²) in [6.45, 7) is 0.0136. The number of hydrogen-bond donors (Lipinski definition) is 1. The van der Waals surface area contributed by atoms with Gasteiger partial charge in [-0.3, -0.25) is 14.5 Å². The summed E-state index contributed by atoms with van der Waals surface area (Å²) in [4.78, 5) is 25.9. The highest BCUT2D eigenvalue weighted by Crippen LogP contribution is 2.47. The Labute approximate surface area is 128 Å². The second-order valence-electron chi connectivity index (χ2n) is 6.04. The van der Waals surface area contributed by atoms with Gasteiger partial charge in [0.15, 0.2) is 0 Å². The topological polar surface area (TPSA) is 57.6 Å². The van der Waals surface area contributed by atoms with E-state index in [1.54, 1.807) is 24.3 Å². The number of halogens is 1. The zero-order chi connectivity index (χ0) is 15.0. The number of rotatable bonds is 3. The Morgan fingerprint density at radius 2 is 2.00 bits per heavy atom. The third-order valence-electron chi connectivity index (χ3n) is 4.64. The Morgan fingerprint density at radius 3 is 2.67 bits per heavy atom. The van der Waals surface area contributed by atoms with Gasteiger partial charge in [0.1, 0.15) is 0 Å². The maximum absolute atomic E-state index is 12.5. The fraction of sp³-hybridized carbons (Fsp3) is 0.500. The highest BCUT2D eigenvalue weighted by atomic mass is 35.5. The molecule has 1 aromatic rings. The molecule has 1 spiro atoms. The summed E-state index contributed by atoms with van der Waals surface area (Å²) in [5, 5.41) is 10.8. The maximum atomic E-state index is 12.5. The number of β-amino-alcohol motifs (C(OH)–C–C–N with tert-alkyl or cyclic N) is 1. The largest absolute Gasteiger partial charge is 0.387 e. The summed E-state index contributed by atoms with van der Waals surface area (Å²) in [6, 6.07) is 6.86. The third-order valence-corrected chi connectivity index (χ3v) is 4.87. The van der Waals surface area contributed by atoms with Gasteiger partial charge in [-0.2, -0.15) is 0 Å². The van der Waals surface area contributed by atoms with Crippen LogP contribution < -0.4 is 0 Å². The molecule has 3 rings (SSSR count). The van der Waals surface area contributed by atoms with E-state index in [1.807, 2.05) is 0 Å². The molecule has 2 fully saturated rings. The first-order chi connectivity index (χ1) is 10.0. The first kappa shape index (κ1) is 14.5. The summed E-state index contributed by atoms with van der Waals surface area (Å²) in [5.74, 6) is -0.269. The average molecular weight is 308 g/mol. The summed E-state index contributed by atoms with van der Waals surface area (Å²) < 4.78 is 0. The van der Waals surface area contributed by atoms with E-state index in [9.17, 15) is 14.7 Å². The molecule has 1 aromatic carbocycles. The Bertz CT molecular complexity index is 581. The molecule has 1 saturated carbocycles. The van der Waals surface area contributed by atoms with Crippen LogP contribution in [-0.4, -0.2) is 28.4 Å². The number of aliphatic hydroxyl groups is 1. The predicted octanol–water partition coefficient (Wildman–Crippen LogP) is 2.69. The van der Waals surface area contributed by atoms with Gasteiger partial charge in [0.25, 0.3) is 0 Å². The minimum absolute atomic E-state index is 0.0136. The van der Waals surface area contributed by atoms with E-state index in [0.29, 0.717) is 17.0 Å². The lowest BCUT2D eigenvalue weighted by molar-refractivity contribution is -0.143. The molecule has 2 amide bonds. The van der Waals surface area contributed by atoms with Gasteiger partial charge in [0, 0.05) is 11.4 Å². The van der Waals surface area contributed by atoms with Crippen LogP contribution in [0.5, 0.6) is 0 Å². The molecule has 1 atom stereocenters. The van der Waals surface area contributed by atoms with Crippen molar-refractivity contribution in [3.63, 3.8) is 0 Å². The second-order valence-corrected chi connectivity index (χ2v) is 6.48. The highest BCUT2D eigenvalue weighted by molar-refractivity contribution is 6.30. The van der Waals surface area contributed by atoms with Crippen molar-refractivity contribution in [2.75, 3.05) is 6.54 Å². The number of hydrogen-bond acceptors (Lipinski definition) is 3. The Kier molecular flexibility index (Phi) is 3.76. The van der Waals surface area contributed by atoms with Gasteiger partial charge < -0.3 is 5.11 Å². The zero-order valence-electron chi connectivity index (χ0n) is 11.7. The lowest BCUT2D eigenvalue weighted by Crippen LogP contribution is -2.37. The number of imide groups is 1. The van der Waals surface area contributed by atoms with Gasteiger partial charge in [0.2, 0.25) is 11.8 Å². The van der Waals surface area contributed by atoms with Crippen molar-refractivity contribution in [3.05, 3.63) is 34.9 Å². The monoisotopic (exact) mass is 307 g/mol. The Hall–Kier alpha value is -1.39. The molecule has 0 radical (unpaired) electrons. The molecule has 1 aliphatic carbocycles. The molecule has 2 aliphatic rings. The quantitative estimate of drug-likeness (QED) is 0.874. The lowest BCUT2D eigenvalue weighted by atomic mass is 9.84. The van der Waals surface area contributed by atoms with E-state index in [-0.39, 0.29) is 18.4 Å². The molecule has 21 heavy (non-hydrogen) atoms. The average Bonchev–Trinajstić information content (AvgIpc) is 3.00. The van der Waals surface area contributed by atoms with Gasteiger partial charge >= 0.3 is 0 Å². The van der Waals surface area contributed by atoms with Gasteiger partial charge in [-0.25, -0.2) is 0 Å². The standard InChI is InChI=1S/C16H18ClNO3/c17-12-5-3-4-11(8-12)13(19)10-18-14(20)9-16(15(18)21)6-1-2-7-16/h3-5,8,13,19H,1-2,6-7,9-10H2.